The minimum absolute atomic E-state index is 0.0134. The normalized spacial score (nSPS) is 25.1. The van der Waals surface area contributed by atoms with Crippen LogP contribution in [0.4, 0.5) is 0 Å². The Hall–Kier alpha value is -9.33. The van der Waals surface area contributed by atoms with Crippen molar-refractivity contribution in [1.82, 2.24) is 5.32 Å². The van der Waals surface area contributed by atoms with Crippen molar-refractivity contribution in [3.63, 3.8) is 0 Å². The molecule has 4 aliphatic heterocycles. The quantitative estimate of drug-likeness (QED) is 0.0336. The number of hydrogen-bond acceptors (Lipinski definition) is 41. The lowest BCUT2D eigenvalue weighted by Gasteiger charge is -2.49. The van der Waals surface area contributed by atoms with E-state index >= 15 is 4.79 Å². The summed E-state index contributed by atoms with van der Waals surface area (Å²) in [5.41, 5.74) is 0. The first kappa shape index (κ1) is 123. The fraction of sp³-hybridized carbons (Fsp3) is 0.827. The van der Waals surface area contributed by atoms with Gasteiger partial charge in [0.25, 0.3) is 5.91 Å². The Morgan fingerprint density at radius 1 is 0.236 bits per heavy atom. The molecule has 0 aromatic heterocycles. The highest BCUT2D eigenvalue weighted by Crippen LogP contribution is 2.40. The summed E-state index contributed by atoms with van der Waals surface area (Å²) < 4.78 is 144. The van der Waals surface area contributed by atoms with Crippen molar-refractivity contribution in [3.05, 3.63) is 0 Å². The topological polar surface area (TPSA) is 524 Å². The molecule has 1 amide bonds. The van der Waals surface area contributed by atoms with Crippen LogP contribution in [0.5, 0.6) is 0 Å². The van der Waals surface area contributed by atoms with Crippen LogP contribution < -0.4 is 5.32 Å². The third-order valence-corrected chi connectivity index (χ3v) is 23.1. The molecule has 0 unspecified atom stereocenters. The van der Waals surface area contributed by atoms with Gasteiger partial charge in [-0.25, -0.2) is 0 Å². The Bertz CT molecular complexity index is 3820. The molecule has 0 bridgehead atoms. The molecule has 0 aliphatic carbocycles. The van der Waals surface area contributed by atoms with Crippen LogP contribution in [-0.2, 0) is 195 Å². The standard InChI is InChI=1S/C98H157NO41/c1-19-21-23-25-27-29-31-33-34-35-36-37-38-39-40-42-44-46-48-50-52-76(123-61(6)103)94(116)99-74(81(124-62(7)104)75(122-60(5)102)51-49-47-45-43-41-32-30-28-26-24-22-20-2)53-119-95-90(133-71(16)113)86(129-67(12)109)84(127-65(10)107)79(137-95)56-120-96-91(134-72(17)114)87(130-68(13)110)85(128-66(11)108)80(138-96)57-121-97-92(88(131-69(14)111)82(125-63(8)105)77(136-97)54-117-58(3)100)140-98-93(135-73(18)115)89(132-70(15)112)83(126-64(9)106)78(139-98)55-118-59(4)101/h74-93,95-98H,19-57H2,1-18H3,(H,99,116)/t74-,75+,76+,77+,78+,79+,80+,81-,82-,83+,84-,85-,86-,87-,88-,89-,90+,91+,92+,93+,95+,96+,97+,98+/m0/s1. The monoisotopic (exact) mass is 2000 g/mol. The Morgan fingerprint density at radius 2 is 0.479 bits per heavy atom. The zero-order chi connectivity index (χ0) is 104. The zero-order valence-corrected chi connectivity index (χ0v) is 85.2. The molecule has 4 fully saturated rings. The molecule has 4 saturated heterocycles. The van der Waals surface area contributed by atoms with Gasteiger partial charge < -0.3 is 119 Å². The average Bonchev–Trinajstić information content (AvgIpc) is 0.768. The van der Waals surface area contributed by atoms with Crippen LogP contribution in [-0.4, -0.2) is 282 Å². The first-order valence-electron chi connectivity index (χ1n) is 49.6. The third-order valence-electron chi connectivity index (χ3n) is 23.1. The highest BCUT2D eigenvalue weighted by atomic mass is 16.8. The predicted octanol–water partition coefficient (Wildman–Crippen LogP) is 11.3. The van der Waals surface area contributed by atoms with E-state index in [0.717, 1.165) is 194 Å². The lowest BCUT2D eigenvalue weighted by Crippen LogP contribution is -2.67. The Labute approximate surface area is 821 Å². The summed E-state index contributed by atoms with van der Waals surface area (Å²) in [6, 6.07) is -1.65. The van der Waals surface area contributed by atoms with E-state index in [4.69, 9.17) is 114 Å². The van der Waals surface area contributed by atoms with Gasteiger partial charge in [0.05, 0.1) is 25.9 Å². The highest BCUT2D eigenvalue weighted by molar-refractivity contribution is 5.84. The molecular weight excluding hydrogens is 1850 g/mol. The smallest absolute Gasteiger partial charge is 0.303 e. The summed E-state index contributed by atoms with van der Waals surface area (Å²) >= 11 is 0. The highest BCUT2D eigenvalue weighted by Gasteiger charge is 2.61. The van der Waals surface area contributed by atoms with Crippen LogP contribution in [0.3, 0.4) is 0 Å². The number of amides is 1. The SMILES string of the molecule is CCCCCCCCCCCCCCCCCCCCCC[C@@H](OC(C)=O)C(=O)N[C@@H](CO[C@@H]1O[C@H](CO[C@@H]2O[C@H](CO[C@@H]3O[C@H](COC(C)=O)[C@H](OC(C)=O)[C@H](OC(C)=O)[C@H]3O[C@H]3O[C@H](COC(C)=O)[C@@H](OC(C)=O)[C@H](OC(C)=O)[C@H]3OC(C)=O)[C@H](OC(C)=O)[C@H](OC(C)=O)[C@H]2OC(C)=O)[C@H](OC(C)=O)[C@H](OC(C)=O)[C@H]1OC(C)=O)[C@H](OC(C)=O)[C@@H](CCCCCCCCCCCCCC)OC(C)=O. The molecule has 0 aromatic rings. The summed E-state index contributed by atoms with van der Waals surface area (Å²) in [6.45, 7) is 15.3. The van der Waals surface area contributed by atoms with E-state index in [1.165, 1.54) is 96.3 Å². The molecule has 4 aliphatic rings. The van der Waals surface area contributed by atoms with Crippen molar-refractivity contribution in [2.24, 2.45) is 0 Å². The predicted molar refractivity (Wildman–Crippen MR) is 489 cm³/mol. The van der Waals surface area contributed by atoms with Gasteiger partial charge in [-0.1, -0.05) is 206 Å². The van der Waals surface area contributed by atoms with Gasteiger partial charge in [0.15, 0.2) is 111 Å². The molecule has 0 aromatic carbocycles. The molecule has 42 heteroatoms. The second kappa shape index (κ2) is 68.0. The van der Waals surface area contributed by atoms with Crippen LogP contribution in [0.15, 0.2) is 0 Å². The van der Waals surface area contributed by atoms with Crippen LogP contribution in [0.25, 0.3) is 0 Å². The molecule has 4 heterocycles. The number of carbonyl (C=O) groups excluding carboxylic acids is 17. The summed E-state index contributed by atoms with van der Waals surface area (Å²) in [6.07, 6.45) is -10.2. The Balaban J connectivity index is 1.91. The molecule has 24 atom stereocenters. The molecular formula is C98H157NO41. The second-order valence-electron chi connectivity index (χ2n) is 35.8. The first-order valence-corrected chi connectivity index (χ1v) is 49.6. The maximum atomic E-state index is 15.2. The van der Waals surface area contributed by atoms with Gasteiger partial charge in [0.1, 0.15) is 43.7 Å². The molecule has 140 heavy (non-hydrogen) atoms. The molecule has 0 spiro atoms. The van der Waals surface area contributed by atoms with Crippen LogP contribution in [0.2, 0.25) is 0 Å². The van der Waals surface area contributed by atoms with Gasteiger partial charge in [-0.3, -0.25) is 81.5 Å². The van der Waals surface area contributed by atoms with E-state index < -0.39 is 282 Å². The van der Waals surface area contributed by atoms with Crippen molar-refractivity contribution in [3.8, 4) is 0 Å². The minimum Gasteiger partial charge on any atom is -0.463 e. The van der Waals surface area contributed by atoms with Gasteiger partial charge in [-0.15, -0.1) is 0 Å². The van der Waals surface area contributed by atoms with Gasteiger partial charge in [0.2, 0.25) is 0 Å². The molecule has 800 valence electrons. The van der Waals surface area contributed by atoms with E-state index in [2.05, 4.69) is 19.2 Å². The molecule has 0 saturated carbocycles. The average molecular weight is 2010 g/mol. The number of esters is 16. The maximum Gasteiger partial charge on any atom is 0.303 e. The van der Waals surface area contributed by atoms with Crippen LogP contribution in [0.1, 0.15) is 343 Å². The molecule has 1 N–H and O–H groups in total. The van der Waals surface area contributed by atoms with Gasteiger partial charge >= 0.3 is 95.5 Å². The van der Waals surface area contributed by atoms with E-state index in [0.29, 0.717) is 25.7 Å². The minimum atomic E-state index is -2.21. The maximum absolute atomic E-state index is 15.2. The van der Waals surface area contributed by atoms with E-state index in [9.17, 15) is 76.7 Å². The van der Waals surface area contributed by atoms with E-state index in [1.54, 1.807) is 0 Å². The number of ether oxygens (including phenoxy) is 24. The van der Waals surface area contributed by atoms with Crippen molar-refractivity contribution in [1.29, 1.82) is 0 Å². The summed E-state index contributed by atoms with van der Waals surface area (Å²) in [7, 11) is 0. The number of carbonyl (C=O) groups is 17. The van der Waals surface area contributed by atoms with Gasteiger partial charge in [-0.2, -0.15) is 0 Å². The fourth-order valence-electron chi connectivity index (χ4n) is 17.2. The lowest BCUT2D eigenvalue weighted by atomic mass is 9.96. The number of hydrogen-bond donors (Lipinski definition) is 1. The Morgan fingerprint density at radius 3 is 0.771 bits per heavy atom. The summed E-state index contributed by atoms with van der Waals surface area (Å²) in [5.74, 6) is -17.4. The summed E-state index contributed by atoms with van der Waals surface area (Å²) in [4.78, 5) is 227. The summed E-state index contributed by atoms with van der Waals surface area (Å²) in [5, 5.41) is 2.84. The fourth-order valence-corrected chi connectivity index (χ4v) is 17.2. The van der Waals surface area contributed by atoms with E-state index in [-0.39, 0.29) is 12.8 Å². The Kier molecular flexibility index (Phi) is 59.7. The number of rotatable bonds is 67. The van der Waals surface area contributed by atoms with Crippen molar-refractivity contribution >= 4 is 101 Å². The largest absolute Gasteiger partial charge is 0.463 e. The van der Waals surface area contributed by atoms with Crippen molar-refractivity contribution in [2.45, 2.75) is 490 Å². The van der Waals surface area contributed by atoms with Crippen molar-refractivity contribution < 1.29 is 195 Å². The second-order valence-corrected chi connectivity index (χ2v) is 35.8. The van der Waals surface area contributed by atoms with Gasteiger partial charge in [0, 0.05) is 111 Å². The van der Waals surface area contributed by atoms with E-state index in [1.807, 2.05) is 0 Å². The molecule has 4 rings (SSSR count). The zero-order valence-electron chi connectivity index (χ0n) is 85.2. The van der Waals surface area contributed by atoms with Crippen LogP contribution >= 0.6 is 0 Å². The molecule has 42 nitrogen and oxygen atoms in total. The van der Waals surface area contributed by atoms with Gasteiger partial charge in [-0.05, 0) is 25.7 Å². The first-order chi connectivity index (χ1) is 66.5. The molecule has 0 radical (unpaired) electrons. The van der Waals surface area contributed by atoms with Crippen LogP contribution in [0, 0.1) is 0 Å². The van der Waals surface area contributed by atoms with Crippen molar-refractivity contribution in [2.75, 3.05) is 33.0 Å². The number of unbranched alkanes of at least 4 members (excludes halogenated alkanes) is 30. The third kappa shape index (κ3) is 48.6. The number of nitrogens with one attached hydrogen (secondary N) is 1. The lowest BCUT2D eigenvalue weighted by molar-refractivity contribution is -0.374.